The topological polar surface area (TPSA) is 66.4 Å². The van der Waals surface area contributed by atoms with Crippen molar-refractivity contribution in [3.05, 3.63) is 22.4 Å². The zero-order chi connectivity index (χ0) is 12.2. The molecule has 16 heavy (non-hydrogen) atoms. The third-order valence-corrected chi connectivity index (χ3v) is 3.20. The number of amides is 1. The van der Waals surface area contributed by atoms with Gasteiger partial charge in [0.2, 0.25) is 0 Å². The fourth-order valence-electron chi connectivity index (χ4n) is 1.33. The predicted octanol–water partition coefficient (Wildman–Crippen LogP) is 2.12. The molecule has 0 bridgehead atoms. The standard InChI is InChI=1S/C11H15NO3S/c1-3-11(2,6-9(13)14)12-10(15)8-4-5-16-7-8/h4-5,7H,3,6H2,1-2H3,(H,12,15)(H,13,14). The summed E-state index contributed by atoms with van der Waals surface area (Å²) in [6, 6.07) is 1.72. The third kappa shape index (κ3) is 3.34. The van der Waals surface area contributed by atoms with E-state index in [9.17, 15) is 9.59 Å². The van der Waals surface area contributed by atoms with Gasteiger partial charge < -0.3 is 10.4 Å². The smallest absolute Gasteiger partial charge is 0.305 e. The predicted molar refractivity (Wildman–Crippen MR) is 62.7 cm³/mol. The van der Waals surface area contributed by atoms with Crippen LogP contribution in [0.2, 0.25) is 0 Å². The van der Waals surface area contributed by atoms with E-state index in [4.69, 9.17) is 5.11 Å². The second-order valence-electron chi connectivity index (χ2n) is 3.95. The van der Waals surface area contributed by atoms with Gasteiger partial charge in [-0.25, -0.2) is 0 Å². The number of hydrogen-bond donors (Lipinski definition) is 2. The number of rotatable bonds is 5. The average molecular weight is 241 g/mol. The van der Waals surface area contributed by atoms with Crippen LogP contribution >= 0.6 is 11.3 Å². The van der Waals surface area contributed by atoms with E-state index < -0.39 is 11.5 Å². The van der Waals surface area contributed by atoms with Gasteiger partial charge in [-0.1, -0.05) is 6.92 Å². The molecule has 0 aliphatic carbocycles. The fraction of sp³-hybridized carbons (Fsp3) is 0.455. The van der Waals surface area contributed by atoms with Crippen LogP contribution in [0.3, 0.4) is 0 Å². The van der Waals surface area contributed by atoms with Gasteiger partial charge in [-0.3, -0.25) is 9.59 Å². The molecule has 4 nitrogen and oxygen atoms in total. The highest BCUT2D eigenvalue weighted by Gasteiger charge is 2.27. The van der Waals surface area contributed by atoms with E-state index in [1.165, 1.54) is 11.3 Å². The number of carboxylic acid groups (broad SMARTS) is 1. The molecule has 1 unspecified atom stereocenters. The molecule has 5 heteroatoms. The van der Waals surface area contributed by atoms with Gasteiger partial charge in [-0.2, -0.15) is 11.3 Å². The van der Waals surface area contributed by atoms with E-state index in [0.29, 0.717) is 12.0 Å². The van der Waals surface area contributed by atoms with Crippen molar-refractivity contribution in [3.8, 4) is 0 Å². The highest BCUT2D eigenvalue weighted by atomic mass is 32.1. The zero-order valence-corrected chi connectivity index (χ0v) is 10.1. The first-order valence-electron chi connectivity index (χ1n) is 5.03. The first kappa shape index (κ1) is 12.7. The summed E-state index contributed by atoms with van der Waals surface area (Å²) in [5, 5.41) is 15.1. The number of thiophene rings is 1. The quantitative estimate of drug-likeness (QED) is 0.829. The van der Waals surface area contributed by atoms with Crippen LogP contribution in [0, 0.1) is 0 Å². The molecule has 2 N–H and O–H groups in total. The van der Waals surface area contributed by atoms with Crippen LogP contribution in [0.25, 0.3) is 0 Å². The normalized spacial score (nSPS) is 14.1. The molecule has 0 aliphatic heterocycles. The molecule has 1 atom stereocenters. The van der Waals surface area contributed by atoms with Gasteiger partial charge in [-0.15, -0.1) is 0 Å². The Bertz CT molecular complexity index is 375. The Kier molecular flexibility index (Phi) is 4.06. The number of nitrogens with one attached hydrogen (secondary N) is 1. The van der Waals surface area contributed by atoms with Gasteiger partial charge in [0.15, 0.2) is 0 Å². The highest BCUT2D eigenvalue weighted by molar-refractivity contribution is 7.08. The SMILES string of the molecule is CCC(C)(CC(=O)O)NC(=O)c1ccsc1. The summed E-state index contributed by atoms with van der Waals surface area (Å²) in [6.07, 6.45) is 0.508. The summed E-state index contributed by atoms with van der Waals surface area (Å²) in [7, 11) is 0. The molecular formula is C11H15NO3S. The van der Waals surface area contributed by atoms with Crippen LogP contribution in [-0.2, 0) is 4.79 Å². The van der Waals surface area contributed by atoms with Crippen LogP contribution in [0.4, 0.5) is 0 Å². The summed E-state index contributed by atoms with van der Waals surface area (Å²) >= 11 is 1.44. The van der Waals surface area contributed by atoms with Crippen molar-refractivity contribution in [2.24, 2.45) is 0 Å². The van der Waals surface area contributed by atoms with E-state index in [1.54, 1.807) is 18.4 Å². The van der Waals surface area contributed by atoms with Crippen molar-refractivity contribution in [2.75, 3.05) is 0 Å². The lowest BCUT2D eigenvalue weighted by atomic mass is 9.94. The highest BCUT2D eigenvalue weighted by Crippen LogP contribution is 2.16. The molecule has 0 radical (unpaired) electrons. The minimum Gasteiger partial charge on any atom is -0.481 e. The van der Waals surface area contributed by atoms with Crippen molar-refractivity contribution in [1.29, 1.82) is 0 Å². The van der Waals surface area contributed by atoms with E-state index in [-0.39, 0.29) is 12.3 Å². The second-order valence-corrected chi connectivity index (χ2v) is 4.73. The molecule has 0 saturated heterocycles. The Balaban J connectivity index is 2.70. The zero-order valence-electron chi connectivity index (χ0n) is 9.32. The Labute approximate surface area is 98.3 Å². The van der Waals surface area contributed by atoms with Gasteiger partial charge in [0.25, 0.3) is 5.91 Å². The molecule has 1 aromatic heterocycles. The van der Waals surface area contributed by atoms with Gasteiger partial charge >= 0.3 is 5.97 Å². The lowest BCUT2D eigenvalue weighted by molar-refractivity contribution is -0.138. The summed E-state index contributed by atoms with van der Waals surface area (Å²) in [5.74, 6) is -1.12. The molecule has 0 saturated carbocycles. The van der Waals surface area contributed by atoms with Gasteiger partial charge in [-0.05, 0) is 24.8 Å². The molecule has 0 aliphatic rings. The van der Waals surface area contributed by atoms with Gasteiger partial charge in [0.05, 0.1) is 12.0 Å². The van der Waals surface area contributed by atoms with Crippen molar-refractivity contribution < 1.29 is 14.7 Å². The number of carboxylic acids is 1. The van der Waals surface area contributed by atoms with Gasteiger partial charge in [0, 0.05) is 10.9 Å². The molecule has 1 aromatic rings. The molecule has 88 valence electrons. The minimum absolute atomic E-state index is 0.0701. The summed E-state index contributed by atoms with van der Waals surface area (Å²) in [5.41, 5.74) is -0.111. The maximum atomic E-state index is 11.8. The lowest BCUT2D eigenvalue weighted by Crippen LogP contribution is -2.46. The van der Waals surface area contributed by atoms with Crippen molar-refractivity contribution in [2.45, 2.75) is 32.2 Å². The largest absolute Gasteiger partial charge is 0.481 e. The Morgan fingerprint density at radius 2 is 2.25 bits per heavy atom. The maximum absolute atomic E-state index is 11.8. The van der Waals surface area contributed by atoms with Crippen LogP contribution in [0.15, 0.2) is 16.8 Å². The van der Waals surface area contributed by atoms with Gasteiger partial charge in [0.1, 0.15) is 0 Å². The first-order valence-corrected chi connectivity index (χ1v) is 5.97. The van der Waals surface area contributed by atoms with Crippen LogP contribution in [0.5, 0.6) is 0 Å². The van der Waals surface area contributed by atoms with Crippen LogP contribution in [-0.4, -0.2) is 22.5 Å². The molecule has 0 spiro atoms. The monoisotopic (exact) mass is 241 g/mol. The molecule has 0 fully saturated rings. The van der Waals surface area contributed by atoms with Crippen LogP contribution < -0.4 is 5.32 Å². The minimum atomic E-state index is -0.907. The number of carbonyl (C=O) groups is 2. The van der Waals surface area contributed by atoms with E-state index in [2.05, 4.69) is 5.32 Å². The molecule has 1 heterocycles. The molecular weight excluding hydrogens is 226 g/mol. The molecule has 1 rings (SSSR count). The average Bonchev–Trinajstić information content (AvgIpc) is 2.69. The Morgan fingerprint density at radius 1 is 1.56 bits per heavy atom. The maximum Gasteiger partial charge on any atom is 0.305 e. The number of aliphatic carboxylic acids is 1. The first-order chi connectivity index (χ1) is 7.47. The third-order valence-electron chi connectivity index (χ3n) is 2.52. The number of hydrogen-bond acceptors (Lipinski definition) is 3. The van der Waals surface area contributed by atoms with Crippen molar-refractivity contribution in [1.82, 2.24) is 5.32 Å². The summed E-state index contributed by atoms with van der Waals surface area (Å²) in [6.45, 7) is 3.60. The van der Waals surface area contributed by atoms with Crippen LogP contribution in [0.1, 0.15) is 37.0 Å². The number of carbonyl (C=O) groups excluding carboxylic acids is 1. The second kappa shape index (κ2) is 5.12. The summed E-state index contributed by atoms with van der Waals surface area (Å²) in [4.78, 5) is 22.5. The van der Waals surface area contributed by atoms with E-state index in [0.717, 1.165) is 0 Å². The fourth-order valence-corrected chi connectivity index (χ4v) is 1.97. The molecule has 1 amide bonds. The van der Waals surface area contributed by atoms with Crippen molar-refractivity contribution >= 4 is 23.2 Å². The summed E-state index contributed by atoms with van der Waals surface area (Å²) < 4.78 is 0. The van der Waals surface area contributed by atoms with Crippen molar-refractivity contribution in [3.63, 3.8) is 0 Å². The Morgan fingerprint density at radius 3 is 2.69 bits per heavy atom. The van der Waals surface area contributed by atoms with E-state index >= 15 is 0 Å². The lowest BCUT2D eigenvalue weighted by Gasteiger charge is -2.27. The Hall–Kier alpha value is -1.36. The molecule has 0 aromatic carbocycles. The van der Waals surface area contributed by atoms with E-state index in [1.807, 2.05) is 12.3 Å².